The van der Waals surface area contributed by atoms with E-state index in [1.54, 1.807) is 0 Å². The second-order valence-electron chi connectivity index (χ2n) is 9.67. The van der Waals surface area contributed by atoms with Gasteiger partial charge in [0.15, 0.2) is 0 Å². The van der Waals surface area contributed by atoms with Gasteiger partial charge >= 0.3 is 0 Å². The summed E-state index contributed by atoms with van der Waals surface area (Å²) in [5.41, 5.74) is 7.16. The monoisotopic (exact) mass is 318 g/mol. The van der Waals surface area contributed by atoms with E-state index >= 15 is 0 Å². The van der Waals surface area contributed by atoms with Gasteiger partial charge in [0, 0.05) is 18.5 Å². The molecular formula is C20H34N2O. The summed E-state index contributed by atoms with van der Waals surface area (Å²) in [5.74, 6) is 3.54. The molecule has 1 heterocycles. The van der Waals surface area contributed by atoms with Crippen molar-refractivity contribution in [2.75, 3.05) is 0 Å². The molecule has 0 spiro atoms. The van der Waals surface area contributed by atoms with Crippen LogP contribution >= 0.6 is 0 Å². The largest absolute Gasteiger partial charge is 0.353 e. The van der Waals surface area contributed by atoms with Crippen LogP contribution in [0.2, 0.25) is 0 Å². The molecule has 1 saturated heterocycles. The van der Waals surface area contributed by atoms with Crippen molar-refractivity contribution in [3.05, 3.63) is 0 Å². The fourth-order valence-electron chi connectivity index (χ4n) is 7.61. The lowest BCUT2D eigenvalue weighted by Crippen LogP contribution is -2.61. The molecule has 4 rings (SSSR count). The van der Waals surface area contributed by atoms with Crippen LogP contribution in [0.5, 0.6) is 0 Å². The number of carbonyl (C=O) groups is 1. The van der Waals surface area contributed by atoms with E-state index in [0.29, 0.717) is 28.8 Å². The molecule has 0 radical (unpaired) electrons. The topological polar surface area (TPSA) is 55.1 Å². The number of carbonyl (C=O) groups excluding carboxylic acids is 1. The first-order valence-corrected chi connectivity index (χ1v) is 9.91. The smallest absolute Gasteiger partial charge is 0.220 e. The zero-order chi connectivity index (χ0) is 16.4. The van der Waals surface area contributed by atoms with E-state index in [9.17, 15) is 4.79 Å². The average molecular weight is 319 g/mol. The van der Waals surface area contributed by atoms with Crippen LogP contribution in [0.4, 0.5) is 0 Å². The normalized spacial score (nSPS) is 53.7. The molecule has 0 aromatic carbocycles. The van der Waals surface area contributed by atoms with E-state index in [1.807, 2.05) is 0 Å². The number of nitrogens with one attached hydrogen (secondary N) is 1. The molecule has 8 unspecified atom stereocenters. The van der Waals surface area contributed by atoms with Crippen LogP contribution in [0.1, 0.15) is 72.1 Å². The second-order valence-corrected chi connectivity index (χ2v) is 9.67. The van der Waals surface area contributed by atoms with Crippen molar-refractivity contribution < 1.29 is 4.79 Å². The van der Waals surface area contributed by atoms with Gasteiger partial charge in [0.1, 0.15) is 0 Å². The molecule has 0 bridgehead atoms. The fraction of sp³-hybridized carbons (Fsp3) is 0.950. The Labute approximate surface area is 141 Å². The lowest BCUT2D eigenvalue weighted by molar-refractivity contribution is -0.136. The van der Waals surface area contributed by atoms with E-state index in [2.05, 4.69) is 26.1 Å². The Bertz CT molecular complexity index is 504. The van der Waals surface area contributed by atoms with Gasteiger partial charge in [-0.1, -0.05) is 13.8 Å². The molecular weight excluding hydrogens is 284 g/mol. The molecule has 1 amide bonds. The van der Waals surface area contributed by atoms with E-state index < -0.39 is 0 Å². The van der Waals surface area contributed by atoms with Gasteiger partial charge in [-0.15, -0.1) is 0 Å². The van der Waals surface area contributed by atoms with E-state index in [-0.39, 0.29) is 5.91 Å². The second kappa shape index (κ2) is 5.21. The maximum Gasteiger partial charge on any atom is 0.220 e. The van der Waals surface area contributed by atoms with Gasteiger partial charge in [0.05, 0.1) is 0 Å². The van der Waals surface area contributed by atoms with Gasteiger partial charge in [-0.05, 0) is 86.4 Å². The Hall–Kier alpha value is -0.570. The van der Waals surface area contributed by atoms with Crippen LogP contribution in [0, 0.1) is 34.5 Å². The summed E-state index contributed by atoms with van der Waals surface area (Å²) in [6, 6.07) is 0.766. The molecule has 1 aliphatic heterocycles. The Morgan fingerprint density at radius 2 is 1.78 bits per heavy atom. The first kappa shape index (κ1) is 15.9. The highest BCUT2D eigenvalue weighted by molar-refractivity contribution is 5.77. The highest BCUT2D eigenvalue weighted by Crippen LogP contribution is 2.65. The minimum atomic E-state index is 0.282. The highest BCUT2D eigenvalue weighted by Gasteiger charge is 2.60. The minimum absolute atomic E-state index is 0.282. The fourth-order valence-corrected chi connectivity index (χ4v) is 7.61. The Morgan fingerprint density at radius 3 is 2.52 bits per heavy atom. The Kier molecular flexibility index (Phi) is 3.61. The third-order valence-corrected chi connectivity index (χ3v) is 8.80. The number of piperidine rings is 1. The molecule has 3 nitrogen and oxygen atoms in total. The van der Waals surface area contributed by atoms with Crippen LogP contribution in [0.25, 0.3) is 0 Å². The number of amides is 1. The van der Waals surface area contributed by atoms with Crippen LogP contribution in [-0.2, 0) is 4.79 Å². The molecule has 130 valence electrons. The maximum atomic E-state index is 11.8. The molecule has 3 N–H and O–H groups in total. The SMILES string of the molecule is CC(N)C1CCC2C3CCC4NC(=O)CCC4(C)C3CCC12C. The zero-order valence-corrected chi connectivity index (χ0v) is 15.1. The number of nitrogens with two attached hydrogens (primary N) is 1. The van der Waals surface area contributed by atoms with Gasteiger partial charge in [-0.2, -0.15) is 0 Å². The molecule has 8 atom stereocenters. The van der Waals surface area contributed by atoms with Crippen molar-refractivity contribution in [1.82, 2.24) is 5.32 Å². The van der Waals surface area contributed by atoms with Gasteiger partial charge in [-0.3, -0.25) is 4.79 Å². The lowest BCUT2D eigenvalue weighted by Gasteiger charge is -2.60. The van der Waals surface area contributed by atoms with E-state index in [0.717, 1.165) is 30.6 Å². The van der Waals surface area contributed by atoms with Crippen molar-refractivity contribution in [1.29, 1.82) is 0 Å². The molecule has 4 aliphatic rings. The molecule has 3 saturated carbocycles. The number of fused-ring (bicyclic) bond motifs is 5. The summed E-state index contributed by atoms with van der Waals surface area (Å²) in [5, 5.41) is 3.33. The van der Waals surface area contributed by atoms with Gasteiger partial charge in [0.2, 0.25) is 5.91 Å². The van der Waals surface area contributed by atoms with Crippen molar-refractivity contribution in [3.63, 3.8) is 0 Å². The highest BCUT2D eigenvalue weighted by atomic mass is 16.1. The van der Waals surface area contributed by atoms with Crippen LogP contribution < -0.4 is 11.1 Å². The van der Waals surface area contributed by atoms with Gasteiger partial charge in [-0.25, -0.2) is 0 Å². The van der Waals surface area contributed by atoms with Crippen LogP contribution in [0.15, 0.2) is 0 Å². The molecule has 23 heavy (non-hydrogen) atoms. The van der Waals surface area contributed by atoms with Gasteiger partial charge in [0.25, 0.3) is 0 Å². The molecule has 0 aromatic heterocycles. The maximum absolute atomic E-state index is 11.8. The number of hydrogen-bond donors (Lipinski definition) is 2. The summed E-state index contributed by atoms with van der Waals surface area (Å²) in [7, 11) is 0. The van der Waals surface area contributed by atoms with Crippen molar-refractivity contribution in [3.8, 4) is 0 Å². The number of rotatable bonds is 1. The summed E-state index contributed by atoms with van der Waals surface area (Å²) in [4.78, 5) is 11.8. The molecule has 3 heteroatoms. The third-order valence-electron chi connectivity index (χ3n) is 8.80. The summed E-state index contributed by atoms with van der Waals surface area (Å²) >= 11 is 0. The predicted molar refractivity (Wildman–Crippen MR) is 92.7 cm³/mol. The average Bonchev–Trinajstić information content (AvgIpc) is 2.85. The van der Waals surface area contributed by atoms with Crippen LogP contribution in [0.3, 0.4) is 0 Å². The third kappa shape index (κ3) is 2.14. The van der Waals surface area contributed by atoms with Crippen molar-refractivity contribution >= 4 is 5.91 Å². The predicted octanol–water partition coefficient (Wildman–Crippen LogP) is 3.47. The van der Waals surface area contributed by atoms with Crippen molar-refractivity contribution in [2.24, 2.45) is 40.2 Å². The summed E-state index contributed by atoms with van der Waals surface area (Å²) in [6.07, 6.45) is 9.77. The van der Waals surface area contributed by atoms with Gasteiger partial charge < -0.3 is 11.1 Å². The van der Waals surface area contributed by atoms with Crippen LogP contribution in [-0.4, -0.2) is 18.0 Å². The zero-order valence-electron chi connectivity index (χ0n) is 15.1. The Balaban J connectivity index is 1.61. The standard InChI is InChI=1S/C20H34N2O/c1-12(21)14-5-6-15-13-4-7-17-20(3,11-9-18(23)22-17)16(13)8-10-19(14,15)2/h12-17H,4-11,21H2,1-3H3,(H,22,23). The summed E-state index contributed by atoms with van der Waals surface area (Å²) in [6.45, 7) is 7.25. The quantitative estimate of drug-likeness (QED) is 0.778. The Morgan fingerprint density at radius 1 is 1.04 bits per heavy atom. The molecule has 3 aliphatic carbocycles. The minimum Gasteiger partial charge on any atom is -0.353 e. The first-order valence-electron chi connectivity index (χ1n) is 9.91. The first-order chi connectivity index (χ1) is 10.9. The lowest BCUT2D eigenvalue weighted by atomic mass is 9.47. The molecule has 4 fully saturated rings. The molecule has 0 aromatic rings. The van der Waals surface area contributed by atoms with E-state index in [1.165, 1.54) is 38.5 Å². The van der Waals surface area contributed by atoms with E-state index in [4.69, 9.17) is 5.73 Å². The number of hydrogen-bond acceptors (Lipinski definition) is 2. The summed E-state index contributed by atoms with van der Waals surface area (Å²) < 4.78 is 0. The van der Waals surface area contributed by atoms with Crippen molar-refractivity contribution in [2.45, 2.75) is 84.2 Å².